The molecule has 1 aliphatic carbocycles. The van der Waals surface area contributed by atoms with Crippen molar-refractivity contribution in [3.63, 3.8) is 0 Å². The van der Waals surface area contributed by atoms with Crippen LogP contribution in [0.15, 0.2) is 30.3 Å². The number of Topliss-reactive ketones (excluding diaryl/α,β-unsaturated/α-hetero) is 1. The fraction of sp³-hybridized carbons (Fsp3) is 0.636. The molecule has 3 rings (SSSR count). The number of rotatable bonds is 10. The number of hydrogen-bond donors (Lipinski definition) is 0. The van der Waals surface area contributed by atoms with Gasteiger partial charge in [0.15, 0.2) is 5.78 Å². The van der Waals surface area contributed by atoms with E-state index < -0.39 is 5.60 Å². The van der Waals surface area contributed by atoms with E-state index in [1.54, 1.807) is 12.0 Å². The topological polar surface area (TPSA) is 55.8 Å². The molecule has 0 bridgehead atoms. The summed E-state index contributed by atoms with van der Waals surface area (Å²) in [6.45, 7) is 2.53. The van der Waals surface area contributed by atoms with E-state index in [0.717, 1.165) is 18.4 Å². The van der Waals surface area contributed by atoms with E-state index in [1.165, 1.54) is 25.7 Å². The number of hydrogen-bond acceptors (Lipinski definition) is 4. The molecular formula is C22H31NO4. The van der Waals surface area contributed by atoms with Gasteiger partial charge in [0.1, 0.15) is 12.2 Å². The van der Waals surface area contributed by atoms with Crippen molar-refractivity contribution in [1.29, 1.82) is 0 Å². The molecule has 0 radical (unpaired) electrons. The summed E-state index contributed by atoms with van der Waals surface area (Å²) in [6.07, 6.45) is 7.62. The van der Waals surface area contributed by atoms with Gasteiger partial charge in [-0.15, -0.1) is 0 Å². The highest BCUT2D eigenvalue weighted by Gasteiger charge is 2.61. The summed E-state index contributed by atoms with van der Waals surface area (Å²) >= 11 is 0. The molecule has 148 valence electrons. The van der Waals surface area contributed by atoms with E-state index in [0.29, 0.717) is 19.4 Å². The Morgan fingerprint density at radius 1 is 1.11 bits per heavy atom. The first kappa shape index (κ1) is 19.9. The minimum atomic E-state index is -0.874. The molecule has 1 saturated carbocycles. The maximum atomic E-state index is 12.6. The Kier molecular flexibility index (Phi) is 6.53. The van der Waals surface area contributed by atoms with Gasteiger partial charge in [-0.25, -0.2) is 4.79 Å². The average Bonchev–Trinajstić information content (AvgIpc) is 3.07. The van der Waals surface area contributed by atoms with Crippen LogP contribution >= 0.6 is 0 Å². The summed E-state index contributed by atoms with van der Waals surface area (Å²) < 4.78 is 11.1. The predicted octanol–water partition coefficient (Wildman–Crippen LogP) is 4.66. The molecule has 1 heterocycles. The summed E-state index contributed by atoms with van der Waals surface area (Å²) in [6, 6.07) is 9.48. The SMILES string of the molecule is CCCCCCCC[C@]1(OC)C(=O)C[C@@H]1N1C(=O)OC[C@@H]1c1ccccc1. The Labute approximate surface area is 162 Å². The number of benzene rings is 1. The van der Waals surface area contributed by atoms with Crippen molar-refractivity contribution in [2.45, 2.75) is 76.0 Å². The zero-order valence-electron chi connectivity index (χ0n) is 16.5. The number of unbranched alkanes of at least 4 members (excludes halogenated alkanes) is 5. The predicted molar refractivity (Wildman–Crippen MR) is 104 cm³/mol. The molecule has 1 saturated heterocycles. The number of ketones is 1. The smallest absolute Gasteiger partial charge is 0.410 e. The Morgan fingerprint density at radius 2 is 1.81 bits per heavy atom. The summed E-state index contributed by atoms with van der Waals surface area (Å²) in [5.74, 6) is 0.107. The molecule has 1 aromatic carbocycles. The molecule has 3 atom stereocenters. The van der Waals surface area contributed by atoms with Gasteiger partial charge in [0, 0.05) is 13.5 Å². The van der Waals surface area contributed by atoms with Crippen LogP contribution in [0.5, 0.6) is 0 Å². The number of ether oxygens (including phenoxy) is 2. The minimum absolute atomic E-state index is 0.107. The van der Waals surface area contributed by atoms with Gasteiger partial charge in [-0.1, -0.05) is 75.8 Å². The van der Waals surface area contributed by atoms with Crippen molar-refractivity contribution in [2.24, 2.45) is 0 Å². The van der Waals surface area contributed by atoms with Gasteiger partial charge >= 0.3 is 6.09 Å². The first-order valence-electron chi connectivity index (χ1n) is 10.2. The molecule has 0 spiro atoms. The van der Waals surface area contributed by atoms with Crippen molar-refractivity contribution in [3.8, 4) is 0 Å². The number of methoxy groups -OCH3 is 1. The first-order valence-corrected chi connectivity index (χ1v) is 10.2. The third-order valence-electron chi connectivity index (χ3n) is 6.09. The van der Waals surface area contributed by atoms with Crippen molar-refractivity contribution in [3.05, 3.63) is 35.9 Å². The molecule has 1 aliphatic heterocycles. The maximum Gasteiger partial charge on any atom is 0.410 e. The Balaban J connectivity index is 1.69. The molecule has 1 amide bonds. The number of carbonyl (C=O) groups excluding carboxylic acids is 2. The minimum Gasteiger partial charge on any atom is -0.447 e. The quantitative estimate of drug-likeness (QED) is 0.560. The number of amides is 1. The van der Waals surface area contributed by atoms with Crippen LogP contribution < -0.4 is 0 Å². The lowest BCUT2D eigenvalue weighted by Gasteiger charge is -2.51. The van der Waals surface area contributed by atoms with Crippen LogP contribution in [0, 0.1) is 0 Å². The van der Waals surface area contributed by atoms with Gasteiger partial charge in [-0.3, -0.25) is 9.69 Å². The Morgan fingerprint density at radius 3 is 2.48 bits per heavy atom. The van der Waals surface area contributed by atoms with Crippen LogP contribution in [0.4, 0.5) is 4.79 Å². The highest BCUT2D eigenvalue weighted by molar-refractivity contribution is 5.96. The fourth-order valence-electron chi connectivity index (χ4n) is 4.43. The van der Waals surface area contributed by atoms with Crippen LogP contribution in [0.3, 0.4) is 0 Å². The van der Waals surface area contributed by atoms with Gasteiger partial charge < -0.3 is 9.47 Å². The van der Waals surface area contributed by atoms with Crippen molar-refractivity contribution >= 4 is 11.9 Å². The second-order valence-corrected chi connectivity index (χ2v) is 7.67. The average molecular weight is 373 g/mol. The van der Waals surface area contributed by atoms with Crippen LogP contribution in [0.1, 0.15) is 69.9 Å². The van der Waals surface area contributed by atoms with Crippen molar-refractivity contribution < 1.29 is 19.1 Å². The standard InChI is InChI=1S/C22H31NO4/c1-3-4-5-6-7-11-14-22(26-2)19(15-20(22)24)23-18(16-27-21(23)25)17-12-9-8-10-13-17/h8-10,12-13,18-19H,3-7,11,14-16H2,1-2H3/t18-,19+,22-/m1/s1. The summed E-state index contributed by atoms with van der Waals surface area (Å²) in [4.78, 5) is 26.8. The zero-order chi connectivity index (χ0) is 19.3. The molecule has 2 fully saturated rings. The molecule has 2 aliphatic rings. The van der Waals surface area contributed by atoms with Crippen molar-refractivity contribution in [2.75, 3.05) is 13.7 Å². The highest BCUT2D eigenvalue weighted by Crippen LogP contribution is 2.45. The van der Waals surface area contributed by atoms with E-state index in [9.17, 15) is 9.59 Å². The lowest BCUT2D eigenvalue weighted by Crippen LogP contribution is -2.68. The Bertz CT molecular complexity index is 647. The molecule has 5 heteroatoms. The molecule has 5 nitrogen and oxygen atoms in total. The largest absolute Gasteiger partial charge is 0.447 e. The van der Waals surface area contributed by atoms with Crippen LogP contribution in [-0.4, -0.2) is 42.1 Å². The van der Waals surface area contributed by atoms with Gasteiger partial charge in [0.25, 0.3) is 0 Å². The van der Waals surface area contributed by atoms with Gasteiger partial charge in [0.05, 0.1) is 12.1 Å². The molecular weight excluding hydrogens is 342 g/mol. The molecule has 27 heavy (non-hydrogen) atoms. The fourth-order valence-corrected chi connectivity index (χ4v) is 4.43. The molecule has 0 N–H and O–H groups in total. The highest BCUT2D eigenvalue weighted by atomic mass is 16.6. The lowest BCUT2D eigenvalue weighted by atomic mass is 9.69. The molecule has 0 unspecified atom stereocenters. The van der Waals surface area contributed by atoms with E-state index >= 15 is 0 Å². The zero-order valence-corrected chi connectivity index (χ0v) is 16.5. The third kappa shape index (κ3) is 3.88. The van der Waals surface area contributed by atoms with E-state index in [1.807, 2.05) is 30.3 Å². The monoisotopic (exact) mass is 373 g/mol. The Hall–Kier alpha value is -1.88. The normalized spacial score (nSPS) is 27.6. The second-order valence-electron chi connectivity index (χ2n) is 7.67. The van der Waals surface area contributed by atoms with Crippen LogP contribution in [-0.2, 0) is 14.3 Å². The van der Waals surface area contributed by atoms with E-state index in [-0.39, 0.29) is 24.0 Å². The van der Waals surface area contributed by atoms with Crippen LogP contribution in [0.25, 0.3) is 0 Å². The molecule has 0 aromatic heterocycles. The van der Waals surface area contributed by atoms with Gasteiger partial charge in [-0.05, 0) is 12.0 Å². The summed E-state index contributed by atoms with van der Waals surface area (Å²) in [7, 11) is 1.60. The van der Waals surface area contributed by atoms with E-state index in [2.05, 4.69) is 6.92 Å². The first-order chi connectivity index (χ1) is 13.1. The van der Waals surface area contributed by atoms with E-state index in [4.69, 9.17) is 9.47 Å². The second kappa shape index (κ2) is 8.87. The lowest BCUT2D eigenvalue weighted by molar-refractivity contribution is -0.173. The summed E-state index contributed by atoms with van der Waals surface area (Å²) in [5, 5.41) is 0. The van der Waals surface area contributed by atoms with Gasteiger partial charge in [0.2, 0.25) is 0 Å². The van der Waals surface area contributed by atoms with Gasteiger partial charge in [-0.2, -0.15) is 0 Å². The number of cyclic esters (lactones) is 1. The molecule has 1 aromatic rings. The summed E-state index contributed by atoms with van der Waals surface area (Å²) in [5.41, 5.74) is 0.161. The van der Waals surface area contributed by atoms with Crippen molar-refractivity contribution in [1.82, 2.24) is 4.90 Å². The number of carbonyl (C=O) groups is 2. The maximum absolute atomic E-state index is 12.6. The van der Waals surface area contributed by atoms with Crippen LogP contribution in [0.2, 0.25) is 0 Å². The third-order valence-corrected chi connectivity index (χ3v) is 6.09. The number of nitrogens with zero attached hydrogens (tertiary/aromatic N) is 1.